The van der Waals surface area contributed by atoms with Crippen LogP contribution in [-0.4, -0.2) is 58.4 Å². The van der Waals surface area contributed by atoms with Gasteiger partial charge in [0.15, 0.2) is 0 Å². The molecule has 19 heavy (non-hydrogen) atoms. The molecule has 1 amide bonds. The summed E-state index contributed by atoms with van der Waals surface area (Å²) in [4.78, 5) is 12.0. The highest BCUT2D eigenvalue weighted by Gasteiger charge is 2.47. The Bertz CT molecular complexity index is 475. The standard InChI is InChI=1S/C12H17N3O4/c1-2-15-4-3-7(14-15)12(17)13-8-5-18-11-9(16)6-19-10(8)11/h3-4,8-11,16H,2,5-6H2,1H3,(H,13,17)/t8-,9+,10+,11+/m0/s1. The molecule has 0 saturated carbocycles. The Labute approximate surface area is 110 Å². The van der Waals surface area contributed by atoms with Crippen molar-refractivity contribution in [1.82, 2.24) is 15.1 Å². The predicted molar refractivity (Wildman–Crippen MR) is 64.6 cm³/mol. The molecule has 3 rings (SSSR count). The lowest BCUT2D eigenvalue weighted by Gasteiger charge is -2.16. The quantitative estimate of drug-likeness (QED) is 0.746. The number of rotatable bonds is 3. The Kier molecular flexibility index (Phi) is 3.26. The molecule has 2 aliphatic rings. The molecule has 0 aromatic carbocycles. The first-order chi connectivity index (χ1) is 9.19. The first-order valence-corrected chi connectivity index (χ1v) is 6.44. The molecular formula is C12H17N3O4. The second-order valence-electron chi connectivity index (χ2n) is 4.80. The van der Waals surface area contributed by atoms with Crippen molar-refractivity contribution in [1.29, 1.82) is 0 Å². The zero-order chi connectivity index (χ0) is 13.4. The molecule has 7 heteroatoms. The van der Waals surface area contributed by atoms with E-state index in [4.69, 9.17) is 9.47 Å². The van der Waals surface area contributed by atoms with Gasteiger partial charge in [-0.1, -0.05) is 0 Å². The summed E-state index contributed by atoms with van der Waals surface area (Å²) < 4.78 is 12.6. The van der Waals surface area contributed by atoms with Gasteiger partial charge >= 0.3 is 0 Å². The largest absolute Gasteiger partial charge is 0.388 e. The van der Waals surface area contributed by atoms with Crippen molar-refractivity contribution in [3.63, 3.8) is 0 Å². The summed E-state index contributed by atoms with van der Waals surface area (Å²) in [6.07, 6.45) is 0.551. The van der Waals surface area contributed by atoms with Crippen LogP contribution >= 0.6 is 0 Å². The van der Waals surface area contributed by atoms with Gasteiger partial charge in [-0.25, -0.2) is 0 Å². The highest BCUT2D eigenvalue weighted by Crippen LogP contribution is 2.27. The van der Waals surface area contributed by atoms with E-state index in [1.807, 2.05) is 6.92 Å². The van der Waals surface area contributed by atoms with Gasteiger partial charge in [0, 0.05) is 12.7 Å². The number of nitrogens with one attached hydrogen (secondary N) is 1. The lowest BCUT2D eigenvalue weighted by atomic mass is 10.1. The van der Waals surface area contributed by atoms with Crippen LogP contribution < -0.4 is 5.32 Å². The van der Waals surface area contributed by atoms with Gasteiger partial charge in [-0.05, 0) is 13.0 Å². The average molecular weight is 267 g/mol. The topological polar surface area (TPSA) is 85.6 Å². The fourth-order valence-electron chi connectivity index (χ4n) is 2.50. The second kappa shape index (κ2) is 4.92. The van der Waals surface area contributed by atoms with E-state index < -0.39 is 6.10 Å². The second-order valence-corrected chi connectivity index (χ2v) is 4.80. The SMILES string of the molecule is CCn1ccc(C(=O)N[C@H]2CO[C@H]3[C@@H]2OC[C@H]3O)n1. The van der Waals surface area contributed by atoms with Gasteiger partial charge in [0.05, 0.1) is 19.3 Å². The van der Waals surface area contributed by atoms with Gasteiger partial charge in [0.2, 0.25) is 0 Å². The lowest BCUT2D eigenvalue weighted by molar-refractivity contribution is 0.0178. The minimum absolute atomic E-state index is 0.235. The Morgan fingerprint density at radius 1 is 1.53 bits per heavy atom. The maximum absolute atomic E-state index is 12.0. The van der Waals surface area contributed by atoms with Gasteiger partial charge < -0.3 is 19.9 Å². The molecule has 1 aromatic rings. The third kappa shape index (κ3) is 2.24. The van der Waals surface area contributed by atoms with E-state index >= 15 is 0 Å². The third-order valence-corrected chi connectivity index (χ3v) is 3.54. The molecule has 2 aliphatic heterocycles. The van der Waals surface area contributed by atoms with E-state index in [2.05, 4.69) is 10.4 Å². The number of aliphatic hydroxyl groups is 1. The zero-order valence-corrected chi connectivity index (χ0v) is 10.7. The Morgan fingerprint density at radius 3 is 3.05 bits per heavy atom. The molecule has 7 nitrogen and oxygen atoms in total. The fourth-order valence-corrected chi connectivity index (χ4v) is 2.50. The predicted octanol–water partition coefficient (Wildman–Crippen LogP) is -0.840. The van der Waals surface area contributed by atoms with Gasteiger partial charge in [-0.15, -0.1) is 0 Å². The molecule has 0 unspecified atom stereocenters. The molecule has 3 heterocycles. The number of fused-ring (bicyclic) bond motifs is 1. The van der Waals surface area contributed by atoms with Crippen LogP contribution in [0.5, 0.6) is 0 Å². The summed E-state index contributed by atoms with van der Waals surface area (Å²) in [6.45, 7) is 3.29. The fraction of sp³-hybridized carbons (Fsp3) is 0.667. The smallest absolute Gasteiger partial charge is 0.272 e. The number of aromatic nitrogens is 2. The summed E-state index contributed by atoms with van der Waals surface area (Å²) in [5, 5.41) is 16.6. The monoisotopic (exact) mass is 267 g/mol. The van der Waals surface area contributed by atoms with Gasteiger partial charge in [0.1, 0.15) is 24.0 Å². The van der Waals surface area contributed by atoms with Crippen molar-refractivity contribution in [3.05, 3.63) is 18.0 Å². The number of nitrogens with zero attached hydrogens (tertiary/aromatic N) is 2. The molecular weight excluding hydrogens is 250 g/mol. The van der Waals surface area contributed by atoms with Crippen LogP contribution in [0.4, 0.5) is 0 Å². The number of carbonyl (C=O) groups excluding carboxylic acids is 1. The van der Waals surface area contributed by atoms with Crippen molar-refractivity contribution in [2.75, 3.05) is 13.2 Å². The minimum atomic E-state index is -0.605. The zero-order valence-electron chi connectivity index (χ0n) is 10.7. The van der Waals surface area contributed by atoms with Crippen LogP contribution in [0.2, 0.25) is 0 Å². The molecule has 2 N–H and O–H groups in total. The highest BCUT2D eigenvalue weighted by atomic mass is 16.6. The highest BCUT2D eigenvalue weighted by molar-refractivity contribution is 5.92. The molecule has 2 saturated heterocycles. The Morgan fingerprint density at radius 2 is 2.32 bits per heavy atom. The van der Waals surface area contributed by atoms with Crippen LogP contribution in [0, 0.1) is 0 Å². The van der Waals surface area contributed by atoms with E-state index in [0.717, 1.165) is 6.54 Å². The number of aliphatic hydroxyl groups excluding tert-OH is 1. The van der Waals surface area contributed by atoms with Gasteiger partial charge in [-0.2, -0.15) is 5.10 Å². The van der Waals surface area contributed by atoms with Crippen LogP contribution in [0.3, 0.4) is 0 Å². The number of hydrogen-bond acceptors (Lipinski definition) is 5. The van der Waals surface area contributed by atoms with E-state index in [1.165, 1.54) is 0 Å². The van der Waals surface area contributed by atoms with Crippen molar-refractivity contribution in [2.45, 2.75) is 37.8 Å². The molecule has 104 valence electrons. The first-order valence-electron chi connectivity index (χ1n) is 6.44. The number of hydrogen-bond donors (Lipinski definition) is 2. The molecule has 0 spiro atoms. The molecule has 0 bridgehead atoms. The molecule has 1 aromatic heterocycles. The molecule has 2 fully saturated rings. The summed E-state index contributed by atoms with van der Waals surface area (Å²) in [5.74, 6) is -0.244. The lowest BCUT2D eigenvalue weighted by Crippen LogP contribution is -2.44. The maximum atomic E-state index is 12.0. The Hall–Kier alpha value is -1.44. The van der Waals surface area contributed by atoms with Gasteiger partial charge in [0.25, 0.3) is 5.91 Å². The molecule has 0 radical (unpaired) electrons. The summed E-state index contributed by atoms with van der Waals surface area (Å²) in [5.41, 5.74) is 0.379. The first kappa shape index (κ1) is 12.6. The summed E-state index contributed by atoms with van der Waals surface area (Å²) >= 11 is 0. The number of aryl methyl sites for hydroxylation is 1. The van der Waals surface area contributed by atoms with Crippen LogP contribution in [0.15, 0.2) is 12.3 Å². The van der Waals surface area contributed by atoms with Crippen LogP contribution in [0.1, 0.15) is 17.4 Å². The van der Waals surface area contributed by atoms with Gasteiger partial charge in [-0.3, -0.25) is 9.48 Å². The normalized spacial score (nSPS) is 33.4. The van der Waals surface area contributed by atoms with Crippen molar-refractivity contribution < 1.29 is 19.4 Å². The van der Waals surface area contributed by atoms with Crippen molar-refractivity contribution in [3.8, 4) is 0 Å². The third-order valence-electron chi connectivity index (χ3n) is 3.54. The van der Waals surface area contributed by atoms with Crippen molar-refractivity contribution >= 4 is 5.91 Å². The minimum Gasteiger partial charge on any atom is -0.388 e. The number of carbonyl (C=O) groups is 1. The van der Waals surface area contributed by atoms with Crippen LogP contribution in [0.25, 0.3) is 0 Å². The van der Waals surface area contributed by atoms with E-state index in [9.17, 15) is 9.90 Å². The summed E-state index contributed by atoms with van der Waals surface area (Å²) in [7, 11) is 0. The molecule has 4 atom stereocenters. The molecule has 0 aliphatic carbocycles. The van der Waals surface area contributed by atoms with E-state index in [0.29, 0.717) is 12.3 Å². The average Bonchev–Trinajstić information content (AvgIpc) is 3.09. The maximum Gasteiger partial charge on any atom is 0.272 e. The van der Waals surface area contributed by atoms with E-state index in [-0.39, 0.29) is 30.8 Å². The van der Waals surface area contributed by atoms with Crippen LogP contribution in [-0.2, 0) is 16.0 Å². The number of amides is 1. The summed E-state index contributed by atoms with van der Waals surface area (Å²) in [6, 6.07) is 1.44. The number of ether oxygens (including phenoxy) is 2. The van der Waals surface area contributed by atoms with Crippen molar-refractivity contribution in [2.24, 2.45) is 0 Å². The van der Waals surface area contributed by atoms with E-state index in [1.54, 1.807) is 16.9 Å². The Balaban J connectivity index is 1.64.